The standard InChI is InChI=1S/C35H52N2O6/c1-22-12-11-13-30(39)42-32(25(4)31(40)26(5)36-27(6)38)24(3)15-14-23(2)20-28-16-17-29(21-35(28,10)19-18-22)37-33(41)43-34(7,8)9/h11-20,24-26,28-29,31-32,40H,21H2,1-10H3,(H,36,38)(H,37,41)/b13-11-,15-14-,19-18-,22-12-,23-20-/t24-,25-,26-,28-,29-,31+,32-,35-/m1/s1. The van der Waals surface area contributed by atoms with Crippen LogP contribution in [0.2, 0.25) is 0 Å². The van der Waals surface area contributed by atoms with Gasteiger partial charge in [0.25, 0.3) is 0 Å². The second-order valence-electron chi connectivity index (χ2n) is 13.3. The van der Waals surface area contributed by atoms with Crippen LogP contribution < -0.4 is 10.6 Å². The molecule has 3 N–H and O–H groups in total. The maximum atomic E-state index is 12.8. The van der Waals surface area contributed by atoms with Crippen LogP contribution in [0.1, 0.15) is 75.7 Å². The molecule has 2 rings (SSSR count). The van der Waals surface area contributed by atoms with E-state index in [-0.39, 0.29) is 29.2 Å². The SMILES string of the molecule is CC(=O)N[C@H](C)[C@@H](O)[C@@H](C)[C@@H]1OC(=O)\C=C/C=C(C)\C=C/[C@]2(C)C[C@H](NC(=O)OC(C)(C)C)C=C[C@@H]2/C=C(C)\C=C/[C@H]1C. The van der Waals surface area contributed by atoms with Gasteiger partial charge < -0.3 is 25.2 Å². The van der Waals surface area contributed by atoms with Crippen LogP contribution in [-0.4, -0.2) is 53.0 Å². The van der Waals surface area contributed by atoms with Crippen molar-refractivity contribution in [1.82, 2.24) is 10.6 Å². The molecule has 0 aromatic rings. The lowest BCUT2D eigenvalue weighted by Gasteiger charge is -2.39. The number of nitrogens with one attached hydrogen (secondary N) is 2. The van der Waals surface area contributed by atoms with Crippen LogP contribution in [0, 0.1) is 23.2 Å². The molecule has 43 heavy (non-hydrogen) atoms. The number of rotatable bonds is 5. The second-order valence-corrected chi connectivity index (χ2v) is 13.3. The Hall–Kier alpha value is -3.39. The Morgan fingerprint density at radius 3 is 2.40 bits per heavy atom. The third-order valence-electron chi connectivity index (χ3n) is 7.87. The smallest absolute Gasteiger partial charge is 0.408 e. The second kappa shape index (κ2) is 15.4. The van der Waals surface area contributed by atoms with Crippen molar-refractivity contribution in [2.45, 2.75) is 106 Å². The monoisotopic (exact) mass is 596 g/mol. The predicted octanol–water partition coefficient (Wildman–Crippen LogP) is 6.11. The summed E-state index contributed by atoms with van der Waals surface area (Å²) in [7, 11) is 0. The van der Waals surface area contributed by atoms with Crippen molar-refractivity contribution in [3.63, 3.8) is 0 Å². The van der Waals surface area contributed by atoms with Gasteiger partial charge in [-0.15, -0.1) is 0 Å². The molecule has 8 atom stereocenters. The lowest BCUT2D eigenvalue weighted by Crippen LogP contribution is -2.48. The van der Waals surface area contributed by atoms with Crippen LogP contribution in [0.4, 0.5) is 4.79 Å². The number of hydrogen-bond acceptors (Lipinski definition) is 6. The molecular formula is C35H52N2O6. The fourth-order valence-electron chi connectivity index (χ4n) is 5.47. The molecule has 0 fully saturated rings. The lowest BCUT2D eigenvalue weighted by atomic mass is 9.68. The number of allylic oxidation sites excluding steroid dienone is 9. The Labute approximate surface area is 258 Å². The van der Waals surface area contributed by atoms with Crippen molar-refractivity contribution in [2.75, 3.05) is 0 Å². The number of cyclic esters (lactones) is 1. The minimum atomic E-state index is -0.925. The number of aliphatic hydroxyl groups is 1. The van der Waals surface area contributed by atoms with Gasteiger partial charge in [0.05, 0.1) is 18.2 Å². The summed E-state index contributed by atoms with van der Waals surface area (Å²) in [5, 5.41) is 16.7. The van der Waals surface area contributed by atoms with Gasteiger partial charge in [0.15, 0.2) is 0 Å². The normalized spacial score (nSPS) is 33.5. The van der Waals surface area contributed by atoms with E-state index in [1.54, 1.807) is 13.0 Å². The van der Waals surface area contributed by atoms with Gasteiger partial charge in [-0.3, -0.25) is 4.79 Å². The maximum absolute atomic E-state index is 12.8. The first-order valence-corrected chi connectivity index (χ1v) is 15.1. The molecule has 1 aliphatic heterocycles. The molecule has 0 aromatic carbocycles. The van der Waals surface area contributed by atoms with Gasteiger partial charge in [-0.1, -0.05) is 86.6 Å². The minimum absolute atomic E-state index is 0.0597. The Kier molecular flexibility index (Phi) is 12.8. The van der Waals surface area contributed by atoms with Crippen molar-refractivity contribution in [3.8, 4) is 0 Å². The lowest BCUT2D eigenvalue weighted by molar-refractivity contribution is -0.151. The third kappa shape index (κ3) is 11.7. The van der Waals surface area contributed by atoms with Gasteiger partial charge in [0.2, 0.25) is 5.91 Å². The van der Waals surface area contributed by atoms with E-state index in [1.807, 2.05) is 78.8 Å². The number of alkyl carbamates (subject to hydrolysis) is 1. The highest BCUT2D eigenvalue weighted by Crippen LogP contribution is 2.41. The third-order valence-corrected chi connectivity index (χ3v) is 7.87. The number of fused-ring (bicyclic) bond motifs is 1. The van der Waals surface area contributed by atoms with Gasteiger partial charge in [0.1, 0.15) is 11.7 Å². The van der Waals surface area contributed by atoms with Gasteiger partial charge in [-0.05, 0) is 53.4 Å². The first-order chi connectivity index (χ1) is 19.9. The number of hydrogen-bond donors (Lipinski definition) is 3. The Balaban J connectivity index is 2.45. The van der Waals surface area contributed by atoms with Crippen molar-refractivity contribution < 1.29 is 29.0 Å². The average molecular weight is 597 g/mol. The fraction of sp³-hybridized carbons (Fsp3) is 0.571. The molecule has 2 aliphatic rings. The molecule has 0 saturated heterocycles. The molecule has 0 radical (unpaired) electrons. The van der Waals surface area contributed by atoms with Crippen LogP contribution in [0.5, 0.6) is 0 Å². The highest BCUT2D eigenvalue weighted by molar-refractivity contribution is 5.82. The summed E-state index contributed by atoms with van der Waals surface area (Å²) in [4.78, 5) is 36.9. The molecule has 0 saturated carbocycles. The summed E-state index contributed by atoms with van der Waals surface area (Å²) in [5.74, 6) is -1.37. The number of esters is 1. The quantitative estimate of drug-likeness (QED) is 0.261. The zero-order chi connectivity index (χ0) is 32.5. The summed E-state index contributed by atoms with van der Waals surface area (Å²) in [6.45, 7) is 18.6. The minimum Gasteiger partial charge on any atom is -0.458 e. The van der Waals surface area contributed by atoms with Gasteiger partial charge >= 0.3 is 12.1 Å². The van der Waals surface area contributed by atoms with E-state index in [4.69, 9.17) is 9.47 Å². The molecule has 8 nitrogen and oxygen atoms in total. The molecule has 1 aliphatic carbocycles. The molecule has 238 valence electrons. The summed E-state index contributed by atoms with van der Waals surface area (Å²) >= 11 is 0. The zero-order valence-corrected chi connectivity index (χ0v) is 27.5. The highest BCUT2D eigenvalue weighted by Gasteiger charge is 2.36. The summed E-state index contributed by atoms with van der Waals surface area (Å²) in [5.41, 5.74) is 1.08. The van der Waals surface area contributed by atoms with E-state index < -0.39 is 41.8 Å². The molecule has 2 amide bonds. The predicted molar refractivity (Wildman–Crippen MR) is 171 cm³/mol. The molecule has 0 spiro atoms. The summed E-state index contributed by atoms with van der Waals surface area (Å²) in [6.07, 6.45) is 18.1. The van der Waals surface area contributed by atoms with E-state index in [2.05, 4.69) is 35.8 Å². The largest absolute Gasteiger partial charge is 0.458 e. The zero-order valence-electron chi connectivity index (χ0n) is 27.5. The van der Waals surface area contributed by atoms with Crippen LogP contribution in [0.15, 0.2) is 71.9 Å². The van der Waals surface area contributed by atoms with Crippen molar-refractivity contribution in [1.29, 1.82) is 0 Å². The molecule has 8 heteroatoms. The molecule has 0 bridgehead atoms. The Morgan fingerprint density at radius 1 is 1.09 bits per heavy atom. The van der Waals surface area contributed by atoms with E-state index in [0.717, 1.165) is 11.1 Å². The maximum Gasteiger partial charge on any atom is 0.408 e. The fourth-order valence-corrected chi connectivity index (χ4v) is 5.47. The van der Waals surface area contributed by atoms with Gasteiger partial charge in [-0.2, -0.15) is 0 Å². The Bertz CT molecular complexity index is 1190. The number of ether oxygens (including phenoxy) is 2. The first-order valence-electron chi connectivity index (χ1n) is 15.1. The number of aliphatic hydroxyl groups excluding tert-OH is 1. The van der Waals surface area contributed by atoms with E-state index in [0.29, 0.717) is 6.42 Å². The molecule has 0 unspecified atom stereocenters. The van der Waals surface area contributed by atoms with Crippen LogP contribution in [0.3, 0.4) is 0 Å². The first kappa shape index (κ1) is 35.8. The number of carbonyl (C=O) groups excluding carboxylic acids is 3. The number of carbonyl (C=O) groups is 3. The summed E-state index contributed by atoms with van der Waals surface area (Å²) in [6, 6.07) is -0.704. The average Bonchev–Trinajstić information content (AvgIpc) is 2.88. The van der Waals surface area contributed by atoms with Crippen molar-refractivity contribution in [2.24, 2.45) is 23.2 Å². The van der Waals surface area contributed by atoms with E-state index >= 15 is 0 Å². The van der Waals surface area contributed by atoms with Crippen molar-refractivity contribution in [3.05, 3.63) is 71.9 Å². The molecule has 0 aromatic heterocycles. The van der Waals surface area contributed by atoms with Crippen LogP contribution >= 0.6 is 0 Å². The van der Waals surface area contributed by atoms with E-state index in [1.165, 1.54) is 13.0 Å². The topological polar surface area (TPSA) is 114 Å². The molecule has 1 heterocycles. The summed E-state index contributed by atoms with van der Waals surface area (Å²) < 4.78 is 11.4. The van der Waals surface area contributed by atoms with Gasteiger partial charge in [0, 0.05) is 30.8 Å². The molecular weight excluding hydrogens is 544 g/mol. The van der Waals surface area contributed by atoms with Crippen LogP contribution in [-0.2, 0) is 19.1 Å². The van der Waals surface area contributed by atoms with E-state index in [9.17, 15) is 19.5 Å². The highest BCUT2D eigenvalue weighted by atomic mass is 16.6. The number of amides is 2. The van der Waals surface area contributed by atoms with Crippen LogP contribution in [0.25, 0.3) is 0 Å². The van der Waals surface area contributed by atoms with Crippen molar-refractivity contribution >= 4 is 18.0 Å². The van der Waals surface area contributed by atoms with Gasteiger partial charge in [-0.25, -0.2) is 9.59 Å². The Morgan fingerprint density at radius 2 is 1.77 bits per heavy atom.